The van der Waals surface area contributed by atoms with Gasteiger partial charge in [-0.1, -0.05) is 11.8 Å². The predicted octanol–water partition coefficient (Wildman–Crippen LogP) is 4.36. The van der Waals surface area contributed by atoms with Gasteiger partial charge in [0, 0.05) is 54.6 Å². The monoisotopic (exact) mass is 554 g/mol. The van der Waals surface area contributed by atoms with Crippen molar-refractivity contribution in [2.24, 2.45) is 0 Å². The van der Waals surface area contributed by atoms with Gasteiger partial charge < -0.3 is 15.0 Å². The minimum absolute atomic E-state index is 0.131. The lowest BCUT2D eigenvalue weighted by Crippen LogP contribution is -2.36. The number of aromatic nitrogens is 1. The van der Waals surface area contributed by atoms with Gasteiger partial charge >= 0.3 is 6.36 Å². The number of carbonyl (C=O) groups excluding carboxylic acids is 3. The van der Waals surface area contributed by atoms with Gasteiger partial charge in [0.1, 0.15) is 17.2 Å². The molecule has 38 heavy (non-hydrogen) atoms. The predicted molar refractivity (Wildman–Crippen MR) is 124 cm³/mol. The van der Waals surface area contributed by atoms with Crippen molar-refractivity contribution in [1.29, 1.82) is 5.26 Å². The topological polar surface area (TPSA) is 112 Å². The second kappa shape index (κ2) is 10.6. The van der Waals surface area contributed by atoms with E-state index in [0.717, 1.165) is 28.8 Å². The summed E-state index contributed by atoms with van der Waals surface area (Å²) in [4.78, 5) is 43.5. The first-order chi connectivity index (χ1) is 17.8. The van der Waals surface area contributed by atoms with Crippen molar-refractivity contribution >= 4 is 34.9 Å². The number of hydrogen-bond acceptors (Lipinski definition) is 8. The first-order valence-electron chi connectivity index (χ1n) is 11.2. The number of carbonyl (C=O) groups is 3. The average molecular weight is 554 g/mol. The van der Waals surface area contributed by atoms with Gasteiger partial charge in [0.2, 0.25) is 5.91 Å². The van der Waals surface area contributed by atoms with Crippen LogP contribution in [0, 0.1) is 11.3 Å². The van der Waals surface area contributed by atoms with Gasteiger partial charge in [-0.3, -0.25) is 19.4 Å². The molecule has 1 aromatic carbocycles. The lowest BCUT2D eigenvalue weighted by Gasteiger charge is -2.19. The number of pyridine rings is 1. The number of ether oxygens (including phenoxy) is 1. The number of hydrogen-bond donors (Lipinski definition) is 1. The average Bonchev–Trinajstić information content (AvgIpc) is 3.41. The molecule has 4 rings (SSSR count). The van der Waals surface area contributed by atoms with Crippen LogP contribution in [-0.2, 0) is 16.0 Å². The highest BCUT2D eigenvalue weighted by atomic mass is 32.2. The number of halogens is 5. The van der Waals surface area contributed by atoms with E-state index in [2.05, 4.69) is 15.0 Å². The normalized spacial score (nSPS) is 19.8. The smallest absolute Gasteiger partial charge is 0.406 e. The Morgan fingerprint density at radius 2 is 2.00 bits per heavy atom. The zero-order chi connectivity index (χ0) is 27.7. The van der Waals surface area contributed by atoms with E-state index in [1.54, 1.807) is 6.07 Å². The van der Waals surface area contributed by atoms with Crippen molar-refractivity contribution in [3.05, 3.63) is 47.8 Å². The van der Waals surface area contributed by atoms with Crippen LogP contribution in [0.15, 0.2) is 41.6 Å². The summed E-state index contributed by atoms with van der Waals surface area (Å²) in [5.41, 5.74) is 0.697. The van der Waals surface area contributed by atoms with Crippen molar-refractivity contribution in [2.45, 2.75) is 54.3 Å². The minimum Gasteiger partial charge on any atom is -0.406 e. The standard InChI is InChI=1S/C24H19F5N4O4S/c25-23(26)9-14(10-30)33(12-23)21(36)4-2-18(34)16-5-6-31-11-13(16)7-19(35)22-32-17-8-15(37-24(27,28)29)1-3-20(17)38-22/h1,3,5-6,8,11,14,22,32H,2,4,7,9,12H2/t14-,22?/m0/s1. The third-order valence-electron chi connectivity index (χ3n) is 5.88. The molecule has 0 saturated carbocycles. The van der Waals surface area contributed by atoms with Crippen LogP contribution in [0.1, 0.15) is 35.2 Å². The van der Waals surface area contributed by atoms with Crippen molar-refractivity contribution in [1.82, 2.24) is 9.88 Å². The Kier molecular flexibility index (Phi) is 7.59. The van der Waals surface area contributed by atoms with E-state index >= 15 is 0 Å². The van der Waals surface area contributed by atoms with E-state index in [1.165, 1.54) is 24.5 Å². The zero-order valence-electron chi connectivity index (χ0n) is 19.4. The van der Waals surface area contributed by atoms with E-state index in [4.69, 9.17) is 5.26 Å². The zero-order valence-corrected chi connectivity index (χ0v) is 20.2. The van der Waals surface area contributed by atoms with Crippen LogP contribution in [0.2, 0.25) is 0 Å². The first-order valence-corrected chi connectivity index (χ1v) is 12.1. The molecule has 0 spiro atoms. The molecule has 1 N–H and O–H groups in total. The Morgan fingerprint density at radius 3 is 2.71 bits per heavy atom. The number of benzene rings is 1. The number of nitrogens with zero attached hydrogens (tertiary/aromatic N) is 3. The molecule has 2 atom stereocenters. The van der Waals surface area contributed by atoms with E-state index in [1.807, 2.05) is 0 Å². The fourth-order valence-corrected chi connectivity index (χ4v) is 5.23. The number of likely N-dealkylation sites (tertiary alicyclic amines) is 1. The molecule has 3 heterocycles. The highest BCUT2D eigenvalue weighted by Crippen LogP contribution is 2.41. The Bertz CT molecular complexity index is 1310. The fraction of sp³-hybridized carbons (Fsp3) is 0.375. The minimum atomic E-state index is -4.86. The van der Waals surface area contributed by atoms with E-state index in [9.17, 15) is 36.3 Å². The number of rotatable bonds is 8. The van der Waals surface area contributed by atoms with Crippen molar-refractivity contribution in [3.8, 4) is 11.8 Å². The number of ketones is 2. The summed E-state index contributed by atoms with van der Waals surface area (Å²) >= 11 is 1.09. The molecule has 1 unspecified atom stereocenters. The Hall–Kier alpha value is -3.73. The molecule has 1 aromatic heterocycles. The highest BCUT2D eigenvalue weighted by molar-refractivity contribution is 8.01. The fourth-order valence-electron chi connectivity index (χ4n) is 4.18. The maximum absolute atomic E-state index is 13.6. The molecule has 2 aliphatic heterocycles. The second-order valence-corrected chi connectivity index (χ2v) is 9.82. The van der Waals surface area contributed by atoms with Gasteiger partial charge in [-0.05, 0) is 23.8 Å². The van der Waals surface area contributed by atoms with Crippen LogP contribution in [0.4, 0.5) is 27.6 Å². The van der Waals surface area contributed by atoms with Gasteiger partial charge in [-0.25, -0.2) is 8.78 Å². The molecule has 1 amide bonds. The molecule has 0 radical (unpaired) electrons. The van der Waals surface area contributed by atoms with Gasteiger partial charge in [0.05, 0.1) is 18.3 Å². The molecule has 0 bridgehead atoms. The third-order valence-corrected chi connectivity index (χ3v) is 7.11. The number of Topliss-reactive ketones (excluding diaryl/α,β-unsaturated/α-hetero) is 2. The molecule has 14 heteroatoms. The first kappa shape index (κ1) is 27.3. The molecule has 0 aliphatic carbocycles. The molecule has 8 nitrogen and oxygen atoms in total. The van der Waals surface area contributed by atoms with Crippen LogP contribution in [0.3, 0.4) is 0 Å². The van der Waals surface area contributed by atoms with Crippen LogP contribution < -0.4 is 10.1 Å². The van der Waals surface area contributed by atoms with Gasteiger partial charge in [0.15, 0.2) is 11.6 Å². The van der Waals surface area contributed by atoms with Gasteiger partial charge in [0.25, 0.3) is 5.92 Å². The number of thioether (sulfide) groups is 1. The van der Waals surface area contributed by atoms with Crippen LogP contribution in [0.25, 0.3) is 0 Å². The Balaban J connectivity index is 1.37. The Morgan fingerprint density at radius 1 is 1.24 bits per heavy atom. The number of nitriles is 1. The molecule has 1 fully saturated rings. The third kappa shape index (κ3) is 6.39. The number of alkyl halides is 5. The van der Waals surface area contributed by atoms with Crippen LogP contribution in [0.5, 0.6) is 5.75 Å². The number of amides is 1. The summed E-state index contributed by atoms with van der Waals surface area (Å²) in [7, 11) is 0. The molecule has 1 saturated heterocycles. The summed E-state index contributed by atoms with van der Waals surface area (Å²) in [5.74, 6) is -5.23. The Labute approximate surface area is 217 Å². The molecule has 200 valence electrons. The number of anilines is 1. The SMILES string of the molecule is N#C[C@@H]1CC(F)(F)CN1C(=O)CCC(=O)c1ccncc1CC(=O)C1Nc2cc(OC(F)(F)F)ccc2S1. The molecule has 2 aliphatic rings. The summed E-state index contributed by atoms with van der Waals surface area (Å²) < 4.78 is 68.6. The maximum atomic E-state index is 13.6. The lowest BCUT2D eigenvalue weighted by molar-refractivity contribution is -0.274. The van der Waals surface area contributed by atoms with Gasteiger partial charge in [-0.2, -0.15) is 5.26 Å². The highest BCUT2D eigenvalue weighted by Gasteiger charge is 2.47. The van der Waals surface area contributed by atoms with Crippen molar-refractivity contribution in [3.63, 3.8) is 0 Å². The summed E-state index contributed by atoms with van der Waals surface area (Å²) in [6.07, 6.45) is -3.91. The quantitative estimate of drug-likeness (QED) is 0.379. The van der Waals surface area contributed by atoms with Gasteiger partial charge in [-0.15, -0.1) is 13.2 Å². The van der Waals surface area contributed by atoms with E-state index in [-0.39, 0.29) is 36.2 Å². The number of nitrogens with one attached hydrogen (secondary N) is 1. The maximum Gasteiger partial charge on any atom is 0.573 e. The summed E-state index contributed by atoms with van der Waals surface area (Å²) in [6, 6.07) is 5.45. The molecular formula is C24H19F5N4O4S. The molecular weight excluding hydrogens is 535 g/mol. The van der Waals surface area contributed by atoms with Crippen LogP contribution in [-0.4, -0.2) is 57.6 Å². The van der Waals surface area contributed by atoms with Crippen molar-refractivity contribution < 1.29 is 41.1 Å². The second-order valence-electron chi connectivity index (χ2n) is 8.67. The summed E-state index contributed by atoms with van der Waals surface area (Å²) in [5, 5.41) is 11.1. The molecule has 2 aromatic rings. The lowest BCUT2D eigenvalue weighted by atomic mass is 9.98. The van der Waals surface area contributed by atoms with E-state index < -0.39 is 54.1 Å². The largest absolute Gasteiger partial charge is 0.573 e. The van der Waals surface area contributed by atoms with Crippen LogP contribution >= 0.6 is 11.8 Å². The van der Waals surface area contributed by atoms with Crippen molar-refractivity contribution in [2.75, 3.05) is 11.9 Å². The summed E-state index contributed by atoms with van der Waals surface area (Å²) in [6.45, 7) is -0.883. The number of fused-ring (bicyclic) bond motifs is 1. The van der Waals surface area contributed by atoms with E-state index in [0.29, 0.717) is 10.6 Å².